The van der Waals surface area contributed by atoms with E-state index in [1.54, 1.807) is 13.8 Å². The van der Waals surface area contributed by atoms with Crippen LogP contribution in [-0.2, 0) is 9.84 Å². The Morgan fingerprint density at radius 2 is 2.08 bits per heavy atom. The Hall–Kier alpha value is -0.530. The van der Waals surface area contributed by atoms with E-state index >= 15 is 0 Å². The average molecular weight is 189 g/mol. The molecule has 0 aromatic rings. The molecule has 0 saturated carbocycles. The Morgan fingerprint density at radius 1 is 1.50 bits per heavy atom. The lowest BCUT2D eigenvalue weighted by Gasteiger charge is -2.06. The molecule has 0 aliphatic carbocycles. The number of nitrogens with one attached hydrogen (secondary N) is 1. The van der Waals surface area contributed by atoms with Crippen molar-refractivity contribution in [2.75, 3.05) is 18.8 Å². The van der Waals surface area contributed by atoms with Gasteiger partial charge in [0.15, 0.2) is 9.84 Å². The normalized spacial score (nSPS) is 11.5. The molecule has 0 rings (SSSR count). The summed E-state index contributed by atoms with van der Waals surface area (Å²) in [5, 5.41) is 2.53. The lowest BCUT2D eigenvalue weighted by atomic mass is 10.6. The van der Waals surface area contributed by atoms with Crippen LogP contribution in [0, 0.1) is 12.3 Å². The first-order valence-corrected chi connectivity index (χ1v) is 5.58. The summed E-state index contributed by atoms with van der Waals surface area (Å²) in [5.41, 5.74) is 0. The molecule has 0 aliphatic rings. The van der Waals surface area contributed by atoms with Crippen molar-refractivity contribution in [3.8, 4) is 12.3 Å². The lowest BCUT2D eigenvalue weighted by molar-refractivity contribution is 0.584. The van der Waals surface area contributed by atoms with Gasteiger partial charge in [-0.3, -0.25) is 0 Å². The first kappa shape index (κ1) is 11.5. The molecule has 0 saturated heterocycles. The predicted octanol–water partition coefficient (Wildman–Crippen LogP) is 0.0324. The Kier molecular flexibility index (Phi) is 4.95. The third kappa shape index (κ3) is 4.37. The standard InChI is InChI=1S/C8H15NO2S/c1-4-5-9-6-7-12(10,11)8(2)3/h1,8-9H,5-7H2,2-3H3. The second-order valence-corrected chi connectivity index (χ2v) is 5.47. The molecule has 0 radical (unpaired) electrons. The van der Waals surface area contributed by atoms with Gasteiger partial charge in [-0.1, -0.05) is 5.92 Å². The van der Waals surface area contributed by atoms with E-state index in [9.17, 15) is 8.42 Å². The molecule has 70 valence electrons. The molecular weight excluding hydrogens is 174 g/mol. The van der Waals surface area contributed by atoms with Gasteiger partial charge < -0.3 is 5.32 Å². The van der Waals surface area contributed by atoms with Crippen LogP contribution in [0.4, 0.5) is 0 Å². The summed E-state index contributed by atoms with van der Waals surface area (Å²) in [6.07, 6.45) is 4.98. The van der Waals surface area contributed by atoms with Gasteiger partial charge in [0, 0.05) is 6.54 Å². The summed E-state index contributed by atoms with van der Waals surface area (Å²) in [6.45, 7) is 4.21. The molecule has 0 heterocycles. The second-order valence-electron chi connectivity index (χ2n) is 2.80. The van der Waals surface area contributed by atoms with Crippen LogP contribution in [0.15, 0.2) is 0 Å². The minimum absolute atomic E-state index is 0.159. The van der Waals surface area contributed by atoms with Gasteiger partial charge in [0.25, 0.3) is 0 Å². The first-order chi connectivity index (χ1) is 5.50. The van der Waals surface area contributed by atoms with Crippen molar-refractivity contribution in [3.05, 3.63) is 0 Å². The molecule has 0 unspecified atom stereocenters. The van der Waals surface area contributed by atoms with Crippen LogP contribution in [0.3, 0.4) is 0 Å². The third-order valence-electron chi connectivity index (χ3n) is 1.51. The van der Waals surface area contributed by atoms with Crippen molar-refractivity contribution in [2.24, 2.45) is 0 Å². The second kappa shape index (κ2) is 5.18. The van der Waals surface area contributed by atoms with Crippen molar-refractivity contribution in [1.82, 2.24) is 5.32 Å². The molecule has 3 nitrogen and oxygen atoms in total. The molecule has 0 amide bonds. The van der Waals surface area contributed by atoms with Crippen molar-refractivity contribution in [1.29, 1.82) is 0 Å². The zero-order valence-electron chi connectivity index (χ0n) is 7.50. The van der Waals surface area contributed by atoms with Crippen LogP contribution in [0.1, 0.15) is 13.8 Å². The van der Waals surface area contributed by atoms with Crippen molar-refractivity contribution < 1.29 is 8.42 Å². The Labute approximate surface area is 74.5 Å². The topological polar surface area (TPSA) is 46.2 Å². The lowest BCUT2D eigenvalue weighted by Crippen LogP contribution is -2.27. The summed E-state index contributed by atoms with van der Waals surface area (Å²) in [4.78, 5) is 0. The quantitative estimate of drug-likeness (QED) is 0.490. The minimum Gasteiger partial charge on any atom is -0.305 e. The highest BCUT2D eigenvalue weighted by Crippen LogP contribution is 1.98. The van der Waals surface area contributed by atoms with E-state index in [-0.39, 0.29) is 11.0 Å². The van der Waals surface area contributed by atoms with Crippen molar-refractivity contribution in [2.45, 2.75) is 19.1 Å². The van der Waals surface area contributed by atoms with Gasteiger partial charge in [0.05, 0.1) is 17.5 Å². The Morgan fingerprint density at radius 3 is 2.50 bits per heavy atom. The Bertz CT molecular complexity index is 249. The van der Waals surface area contributed by atoms with Crippen LogP contribution in [0.5, 0.6) is 0 Å². The van der Waals surface area contributed by atoms with Crippen molar-refractivity contribution in [3.63, 3.8) is 0 Å². The molecule has 0 aromatic heterocycles. The third-order valence-corrected chi connectivity index (χ3v) is 3.72. The number of rotatable bonds is 5. The van der Waals surface area contributed by atoms with E-state index in [1.165, 1.54) is 0 Å². The van der Waals surface area contributed by atoms with Gasteiger partial charge in [-0.25, -0.2) is 8.42 Å². The maximum atomic E-state index is 11.2. The fourth-order valence-electron chi connectivity index (χ4n) is 0.611. The fraction of sp³-hybridized carbons (Fsp3) is 0.750. The maximum absolute atomic E-state index is 11.2. The van der Waals surface area contributed by atoms with E-state index in [2.05, 4.69) is 11.2 Å². The van der Waals surface area contributed by atoms with E-state index in [1.807, 2.05) is 0 Å². The fourth-order valence-corrected chi connectivity index (χ4v) is 1.51. The molecule has 12 heavy (non-hydrogen) atoms. The summed E-state index contributed by atoms with van der Waals surface area (Å²) in [6, 6.07) is 0. The highest BCUT2D eigenvalue weighted by molar-refractivity contribution is 7.92. The van der Waals surface area contributed by atoms with E-state index in [0.717, 1.165) is 0 Å². The van der Waals surface area contributed by atoms with Gasteiger partial charge in [-0.15, -0.1) is 6.42 Å². The molecule has 0 atom stereocenters. The largest absolute Gasteiger partial charge is 0.305 e. The highest BCUT2D eigenvalue weighted by atomic mass is 32.2. The molecule has 1 N–H and O–H groups in total. The number of sulfone groups is 1. The van der Waals surface area contributed by atoms with Crippen LogP contribution in [0.2, 0.25) is 0 Å². The monoisotopic (exact) mass is 189 g/mol. The molecule has 0 fully saturated rings. The molecule has 4 heteroatoms. The molecule has 0 aliphatic heterocycles. The highest BCUT2D eigenvalue weighted by Gasteiger charge is 2.14. The Balaban J connectivity index is 3.72. The molecule has 0 bridgehead atoms. The van der Waals surface area contributed by atoms with Crippen LogP contribution in [-0.4, -0.2) is 32.5 Å². The van der Waals surface area contributed by atoms with Crippen LogP contribution >= 0.6 is 0 Å². The van der Waals surface area contributed by atoms with Gasteiger partial charge in [0.1, 0.15) is 0 Å². The summed E-state index contributed by atoms with van der Waals surface area (Å²) in [7, 11) is -2.91. The van der Waals surface area contributed by atoms with E-state index in [0.29, 0.717) is 13.1 Å². The predicted molar refractivity (Wildman–Crippen MR) is 50.6 cm³/mol. The van der Waals surface area contributed by atoms with Crippen LogP contribution < -0.4 is 5.32 Å². The summed E-state index contributed by atoms with van der Waals surface area (Å²) < 4.78 is 22.4. The summed E-state index contributed by atoms with van der Waals surface area (Å²) in [5.74, 6) is 2.54. The molecular formula is C8H15NO2S. The molecule has 0 spiro atoms. The zero-order valence-corrected chi connectivity index (χ0v) is 8.32. The van der Waals surface area contributed by atoms with Gasteiger partial charge in [0.2, 0.25) is 0 Å². The number of hydrogen-bond donors (Lipinski definition) is 1. The zero-order chi connectivity index (χ0) is 9.61. The van der Waals surface area contributed by atoms with E-state index in [4.69, 9.17) is 6.42 Å². The van der Waals surface area contributed by atoms with Gasteiger partial charge in [-0.05, 0) is 13.8 Å². The SMILES string of the molecule is C#CCNCCS(=O)(=O)C(C)C. The first-order valence-electron chi connectivity index (χ1n) is 3.86. The average Bonchev–Trinajstić information content (AvgIpc) is 1.98. The maximum Gasteiger partial charge on any atom is 0.153 e. The smallest absolute Gasteiger partial charge is 0.153 e. The van der Waals surface area contributed by atoms with Gasteiger partial charge >= 0.3 is 0 Å². The van der Waals surface area contributed by atoms with E-state index < -0.39 is 9.84 Å². The molecule has 0 aromatic carbocycles. The summed E-state index contributed by atoms with van der Waals surface area (Å²) >= 11 is 0. The van der Waals surface area contributed by atoms with Gasteiger partial charge in [-0.2, -0.15) is 0 Å². The van der Waals surface area contributed by atoms with Crippen molar-refractivity contribution >= 4 is 9.84 Å². The number of terminal acetylenes is 1. The van der Waals surface area contributed by atoms with Crippen LogP contribution in [0.25, 0.3) is 0 Å². The minimum atomic E-state index is -2.91. The number of hydrogen-bond acceptors (Lipinski definition) is 3.